The summed E-state index contributed by atoms with van der Waals surface area (Å²) in [4.78, 5) is 7.01. The largest absolute Gasteiger partial charge is 0.309 e. The summed E-state index contributed by atoms with van der Waals surface area (Å²) in [7, 11) is 4.12. The van der Waals surface area contributed by atoms with E-state index in [-0.39, 0.29) is 0 Å². The van der Waals surface area contributed by atoms with E-state index in [9.17, 15) is 0 Å². The third kappa shape index (κ3) is 3.57. The molecule has 2 aromatic carbocycles. The Bertz CT molecular complexity index is 1020. The number of hydrogen-bond acceptors (Lipinski definition) is 4. The van der Waals surface area contributed by atoms with Crippen molar-refractivity contribution in [2.75, 3.05) is 20.6 Å². The van der Waals surface area contributed by atoms with Gasteiger partial charge in [0.25, 0.3) is 0 Å². The summed E-state index contributed by atoms with van der Waals surface area (Å²) in [5.74, 6) is 1.78. The fourth-order valence-electron chi connectivity index (χ4n) is 3.23. The van der Waals surface area contributed by atoms with Crippen molar-refractivity contribution in [1.82, 2.24) is 19.7 Å². The van der Waals surface area contributed by atoms with Crippen molar-refractivity contribution < 1.29 is 0 Å². The molecule has 2 heterocycles. The fraction of sp³-hybridized carbons (Fsp3) is 0.250. The molecule has 138 valence electrons. The second-order valence-electron chi connectivity index (χ2n) is 6.73. The number of halogens is 2. The smallest absolute Gasteiger partial charge is 0.159 e. The van der Waals surface area contributed by atoms with Gasteiger partial charge in [0.1, 0.15) is 12.4 Å². The number of aromatic nitrogens is 3. The Morgan fingerprint density at radius 3 is 2.70 bits per heavy atom. The van der Waals surface area contributed by atoms with Gasteiger partial charge in [0.15, 0.2) is 5.82 Å². The highest BCUT2D eigenvalue weighted by molar-refractivity contribution is 9.10. The van der Waals surface area contributed by atoms with Crippen LogP contribution in [0.4, 0.5) is 0 Å². The molecule has 0 saturated heterocycles. The van der Waals surface area contributed by atoms with Gasteiger partial charge in [0, 0.05) is 33.6 Å². The standard InChI is InChI=1S/C20H19BrClN5/c1-26(2)10-9-18-24-25-19-12-23-20(14-5-3-4-6-16(14)22)15-11-13(21)7-8-17(15)27(18)19/h3-8,11H,9-10,12H2,1-2H3. The minimum atomic E-state index is 0.460. The summed E-state index contributed by atoms with van der Waals surface area (Å²) < 4.78 is 3.13. The van der Waals surface area contributed by atoms with Gasteiger partial charge in [-0.1, -0.05) is 45.7 Å². The maximum atomic E-state index is 6.49. The van der Waals surface area contributed by atoms with Crippen LogP contribution in [-0.4, -0.2) is 46.0 Å². The molecule has 5 nitrogen and oxygen atoms in total. The number of fused-ring (bicyclic) bond motifs is 3. The average molecular weight is 445 g/mol. The molecule has 0 N–H and O–H groups in total. The monoisotopic (exact) mass is 443 g/mol. The molecular weight excluding hydrogens is 426 g/mol. The zero-order chi connectivity index (χ0) is 19.0. The van der Waals surface area contributed by atoms with E-state index in [0.29, 0.717) is 11.6 Å². The third-order valence-corrected chi connectivity index (χ3v) is 5.36. The van der Waals surface area contributed by atoms with E-state index in [0.717, 1.165) is 51.6 Å². The lowest BCUT2D eigenvalue weighted by atomic mass is 10.0. The number of likely N-dealkylation sites (N-methyl/N-ethyl adjacent to an activating group) is 1. The van der Waals surface area contributed by atoms with E-state index in [1.807, 2.05) is 30.3 Å². The molecule has 0 bridgehead atoms. The highest BCUT2D eigenvalue weighted by Gasteiger charge is 2.24. The normalized spacial score (nSPS) is 13.1. The van der Waals surface area contributed by atoms with Gasteiger partial charge < -0.3 is 4.90 Å². The Hall–Kier alpha value is -2.02. The molecule has 3 aromatic rings. The van der Waals surface area contributed by atoms with Crippen LogP contribution in [0.2, 0.25) is 5.02 Å². The average Bonchev–Trinajstić information content (AvgIpc) is 2.97. The fourth-order valence-corrected chi connectivity index (χ4v) is 3.82. The molecule has 27 heavy (non-hydrogen) atoms. The highest BCUT2D eigenvalue weighted by Crippen LogP contribution is 2.30. The van der Waals surface area contributed by atoms with E-state index < -0.39 is 0 Å². The molecular formula is C20H19BrClN5. The predicted octanol–water partition coefficient (Wildman–Crippen LogP) is 4.14. The van der Waals surface area contributed by atoms with Crippen LogP contribution in [0.25, 0.3) is 5.69 Å². The lowest BCUT2D eigenvalue weighted by Gasteiger charge is -2.15. The van der Waals surface area contributed by atoms with E-state index >= 15 is 0 Å². The Labute approximate surface area is 171 Å². The van der Waals surface area contributed by atoms with Crippen LogP contribution in [0.1, 0.15) is 22.8 Å². The number of benzene rings is 2. The zero-order valence-electron chi connectivity index (χ0n) is 15.2. The van der Waals surface area contributed by atoms with Gasteiger partial charge in [-0.2, -0.15) is 0 Å². The summed E-state index contributed by atoms with van der Waals surface area (Å²) in [6.45, 7) is 1.37. The van der Waals surface area contributed by atoms with E-state index in [2.05, 4.69) is 61.8 Å². The summed E-state index contributed by atoms with van der Waals surface area (Å²) in [6.07, 6.45) is 0.816. The topological polar surface area (TPSA) is 46.3 Å². The first kappa shape index (κ1) is 18.3. The van der Waals surface area contributed by atoms with Crippen molar-refractivity contribution in [2.24, 2.45) is 4.99 Å². The van der Waals surface area contributed by atoms with Gasteiger partial charge in [-0.15, -0.1) is 10.2 Å². The summed E-state index contributed by atoms with van der Waals surface area (Å²) in [5.41, 5.74) is 3.85. The molecule has 0 atom stereocenters. The summed E-state index contributed by atoms with van der Waals surface area (Å²) in [5, 5.41) is 9.52. The third-order valence-electron chi connectivity index (χ3n) is 4.54. The van der Waals surface area contributed by atoms with Gasteiger partial charge in [-0.3, -0.25) is 9.56 Å². The van der Waals surface area contributed by atoms with Crippen molar-refractivity contribution in [3.63, 3.8) is 0 Å². The van der Waals surface area contributed by atoms with Gasteiger partial charge in [-0.25, -0.2) is 0 Å². The molecule has 1 aromatic heterocycles. The molecule has 1 aliphatic heterocycles. The SMILES string of the molecule is CN(C)CCc1nnc2n1-c1ccc(Br)cc1C(c1ccccc1Cl)=NC2. The molecule has 7 heteroatoms. The lowest BCUT2D eigenvalue weighted by molar-refractivity contribution is 0.408. The van der Waals surface area contributed by atoms with Gasteiger partial charge in [0.2, 0.25) is 0 Å². The second kappa shape index (κ2) is 7.54. The molecule has 0 spiro atoms. The van der Waals surface area contributed by atoms with Crippen LogP contribution >= 0.6 is 27.5 Å². The summed E-state index contributed by atoms with van der Waals surface area (Å²) in [6, 6.07) is 14.0. The van der Waals surface area contributed by atoms with Crippen LogP contribution in [-0.2, 0) is 13.0 Å². The first-order chi connectivity index (χ1) is 13.0. The van der Waals surface area contributed by atoms with Crippen molar-refractivity contribution in [3.05, 3.63) is 74.7 Å². The highest BCUT2D eigenvalue weighted by atomic mass is 79.9. The summed E-state index contributed by atoms with van der Waals surface area (Å²) >= 11 is 10.1. The van der Waals surface area contributed by atoms with E-state index in [1.54, 1.807) is 0 Å². The van der Waals surface area contributed by atoms with E-state index in [1.165, 1.54) is 0 Å². The molecule has 1 aliphatic rings. The molecule has 0 amide bonds. The Morgan fingerprint density at radius 1 is 1.11 bits per heavy atom. The molecule has 4 rings (SSSR count). The molecule has 0 radical (unpaired) electrons. The quantitative estimate of drug-likeness (QED) is 0.607. The lowest BCUT2D eigenvalue weighted by Crippen LogP contribution is -2.18. The van der Waals surface area contributed by atoms with Crippen LogP contribution in [0.15, 0.2) is 51.9 Å². The van der Waals surface area contributed by atoms with Crippen molar-refractivity contribution in [2.45, 2.75) is 13.0 Å². The van der Waals surface area contributed by atoms with Crippen LogP contribution in [0, 0.1) is 0 Å². The van der Waals surface area contributed by atoms with Gasteiger partial charge in [0.05, 0.1) is 11.4 Å². The second-order valence-corrected chi connectivity index (χ2v) is 8.05. The molecule has 0 saturated carbocycles. The first-order valence-electron chi connectivity index (χ1n) is 8.72. The van der Waals surface area contributed by atoms with Crippen molar-refractivity contribution in [1.29, 1.82) is 0 Å². The van der Waals surface area contributed by atoms with Gasteiger partial charge >= 0.3 is 0 Å². The molecule has 0 aliphatic carbocycles. The van der Waals surface area contributed by atoms with Crippen LogP contribution in [0.5, 0.6) is 0 Å². The van der Waals surface area contributed by atoms with Crippen molar-refractivity contribution in [3.8, 4) is 5.69 Å². The van der Waals surface area contributed by atoms with Gasteiger partial charge in [-0.05, 0) is 38.4 Å². The molecule has 0 unspecified atom stereocenters. The molecule has 0 fully saturated rings. The number of rotatable bonds is 4. The number of aliphatic imine (C=N–C) groups is 1. The zero-order valence-corrected chi connectivity index (χ0v) is 17.5. The Balaban J connectivity index is 1.89. The minimum Gasteiger partial charge on any atom is -0.309 e. The Morgan fingerprint density at radius 2 is 1.93 bits per heavy atom. The first-order valence-corrected chi connectivity index (χ1v) is 9.89. The van der Waals surface area contributed by atoms with Crippen LogP contribution < -0.4 is 0 Å². The maximum absolute atomic E-state index is 6.49. The van der Waals surface area contributed by atoms with E-state index in [4.69, 9.17) is 16.6 Å². The van der Waals surface area contributed by atoms with Crippen LogP contribution in [0.3, 0.4) is 0 Å². The predicted molar refractivity (Wildman–Crippen MR) is 112 cm³/mol. The minimum absolute atomic E-state index is 0.460. The Kier molecular flexibility index (Phi) is 5.12. The van der Waals surface area contributed by atoms with Crippen molar-refractivity contribution >= 4 is 33.2 Å². The maximum Gasteiger partial charge on any atom is 0.159 e. The number of hydrogen-bond donors (Lipinski definition) is 0. The number of nitrogens with zero attached hydrogens (tertiary/aromatic N) is 5.